The van der Waals surface area contributed by atoms with Crippen LogP contribution in [-0.2, 0) is 10.0 Å². The number of halogens is 3. The van der Waals surface area contributed by atoms with Gasteiger partial charge in [0.25, 0.3) is 10.0 Å². The van der Waals surface area contributed by atoms with E-state index in [1.807, 2.05) is 19.9 Å². The first-order chi connectivity index (χ1) is 16.5. The Labute approximate surface area is 198 Å². The van der Waals surface area contributed by atoms with Gasteiger partial charge in [0, 0.05) is 17.4 Å². The Morgan fingerprint density at radius 1 is 0.971 bits per heavy atom. The van der Waals surface area contributed by atoms with Gasteiger partial charge in [-0.05, 0) is 56.3 Å². The second-order valence-electron chi connectivity index (χ2n) is 7.28. The highest BCUT2D eigenvalue weighted by atomic mass is 32.2. The minimum atomic E-state index is -5.04. The fourth-order valence-electron chi connectivity index (χ4n) is 3.17. The molecule has 0 saturated carbocycles. The van der Waals surface area contributed by atoms with Gasteiger partial charge in [0.2, 0.25) is 5.88 Å². The topological polar surface area (TPSA) is 108 Å². The molecule has 0 fully saturated rings. The van der Waals surface area contributed by atoms with Gasteiger partial charge in [-0.1, -0.05) is 12.1 Å². The van der Waals surface area contributed by atoms with Gasteiger partial charge in [0.05, 0.1) is 5.69 Å². The number of hydrogen-bond acceptors (Lipinski definition) is 7. The van der Waals surface area contributed by atoms with Crippen LogP contribution in [0.5, 0.6) is 17.4 Å². The van der Waals surface area contributed by atoms with Crippen molar-refractivity contribution in [3.63, 3.8) is 0 Å². The minimum Gasteiger partial charge on any atom is -0.439 e. The molecule has 0 unspecified atom stereocenters. The maximum absolute atomic E-state index is 12.7. The van der Waals surface area contributed by atoms with Crippen LogP contribution in [0.4, 0.5) is 18.9 Å². The van der Waals surface area contributed by atoms with Crippen LogP contribution in [0.25, 0.3) is 5.82 Å². The number of aryl methyl sites for hydroxylation is 2. The van der Waals surface area contributed by atoms with Gasteiger partial charge >= 0.3 is 6.36 Å². The number of para-hydroxylation sites is 1. The molecule has 4 rings (SSSR count). The molecule has 13 heteroatoms. The predicted molar refractivity (Wildman–Crippen MR) is 119 cm³/mol. The molecule has 0 saturated heterocycles. The van der Waals surface area contributed by atoms with E-state index < -0.39 is 27.0 Å². The molecule has 2 aromatic carbocycles. The third kappa shape index (κ3) is 5.87. The molecule has 182 valence electrons. The van der Waals surface area contributed by atoms with E-state index in [0.29, 0.717) is 11.6 Å². The Morgan fingerprint density at radius 3 is 2.34 bits per heavy atom. The van der Waals surface area contributed by atoms with Crippen molar-refractivity contribution < 1.29 is 31.1 Å². The summed E-state index contributed by atoms with van der Waals surface area (Å²) >= 11 is 0. The van der Waals surface area contributed by atoms with Gasteiger partial charge in [0.15, 0.2) is 5.82 Å². The van der Waals surface area contributed by atoms with Crippen LogP contribution in [0.3, 0.4) is 0 Å². The number of hydrogen-bond donors (Lipinski definition) is 1. The summed E-state index contributed by atoms with van der Waals surface area (Å²) in [5.41, 5.74) is 1.81. The number of alkyl halides is 3. The molecule has 0 spiro atoms. The molecule has 0 aliphatic heterocycles. The smallest absolute Gasteiger partial charge is 0.439 e. The lowest BCUT2D eigenvalue weighted by Gasteiger charge is -2.14. The van der Waals surface area contributed by atoms with Crippen molar-refractivity contribution in [3.05, 3.63) is 78.4 Å². The van der Waals surface area contributed by atoms with Crippen molar-refractivity contribution in [1.29, 1.82) is 0 Å². The van der Waals surface area contributed by atoms with E-state index in [9.17, 15) is 21.6 Å². The molecule has 1 N–H and O–H groups in total. The summed E-state index contributed by atoms with van der Waals surface area (Å²) in [6, 6.07) is 13.7. The second-order valence-corrected chi connectivity index (χ2v) is 8.93. The van der Waals surface area contributed by atoms with E-state index in [1.165, 1.54) is 42.7 Å². The largest absolute Gasteiger partial charge is 0.573 e. The first-order valence-corrected chi connectivity index (χ1v) is 11.5. The number of nitrogens with zero attached hydrogens (tertiary/aromatic N) is 4. The van der Waals surface area contributed by atoms with Gasteiger partial charge in [-0.2, -0.15) is 5.10 Å². The van der Waals surface area contributed by atoms with Gasteiger partial charge in [-0.15, -0.1) is 13.2 Å². The Hall–Kier alpha value is -4.13. The normalized spacial score (nSPS) is 11.8. The average Bonchev–Trinajstić information content (AvgIpc) is 3.12. The lowest BCUT2D eigenvalue weighted by atomic mass is 10.3. The second kappa shape index (κ2) is 9.25. The highest BCUT2D eigenvalue weighted by Gasteiger charge is 2.34. The fourth-order valence-corrected chi connectivity index (χ4v) is 4.35. The summed E-state index contributed by atoms with van der Waals surface area (Å²) in [4.78, 5) is 7.60. The van der Waals surface area contributed by atoms with E-state index in [2.05, 4.69) is 24.5 Å². The van der Waals surface area contributed by atoms with E-state index in [0.717, 1.165) is 23.5 Å². The molecule has 2 aromatic heterocycles. The molecule has 9 nitrogen and oxygen atoms in total. The van der Waals surface area contributed by atoms with E-state index >= 15 is 0 Å². The van der Waals surface area contributed by atoms with E-state index in [-0.39, 0.29) is 11.6 Å². The van der Waals surface area contributed by atoms with Crippen molar-refractivity contribution in [2.24, 2.45) is 0 Å². The molecule has 0 aliphatic carbocycles. The summed E-state index contributed by atoms with van der Waals surface area (Å²) < 4.78 is 76.7. The van der Waals surface area contributed by atoms with Crippen LogP contribution < -0.4 is 14.2 Å². The highest BCUT2D eigenvalue weighted by Crippen LogP contribution is 2.31. The number of sulfonamides is 1. The summed E-state index contributed by atoms with van der Waals surface area (Å²) in [6.07, 6.45) is -3.72. The van der Waals surface area contributed by atoms with Gasteiger partial charge < -0.3 is 9.47 Å². The van der Waals surface area contributed by atoms with Crippen molar-refractivity contribution in [2.75, 3.05) is 4.72 Å². The zero-order valence-electron chi connectivity index (χ0n) is 18.3. The average molecular weight is 505 g/mol. The summed E-state index contributed by atoms with van der Waals surface area (Å²) in [5, 5.41) is 4.36. The number of rotatable bonds is 7. The van der Waals surface area contributed by atoms with E-state index in [1.54, 1.807) is 10.7 Å². The van der Waals surface area contributed by atoms with Crippen LogP contribution >= 0.6 is 0 Å². The highest BCUT2D eigenvalue weighted by molar-refractivity contribution is 7.92. The van der Waals surface area contributed by atoms with Crippen molar-refractivity contribution in [3.8, 4) is 23.2 Å². The van der Waals surface area contributed by atoms with Crippen LogP contribution in [0, 0.1) is 13.8 Å². The number of benzene rings is 2. The van der Waals surface area contributed by atoms with Crippen LogP contribution in [0.2, 0.25) is 0 Å². The maximum Gasteiger partial charge on any atom is 0.573 e. The molecule has 0 radical (unpaired) electrons. The summed E-state index contributed by atoms with van der Waals surface area (Å²) in [7, 11) is -4.37. The Balaban J connectivity index is 1.50. The van der Waals surface area contributed by atoms with Crippen LogP contribution in [0.15, 0.2) is 71.9 Å². The van der Waals surface area contributed by atoms with Crippen molar-refractivity contribution in [1.82, 2.24) is 19.7 Å². The Bertz CT molecular complexity index is 1450. The van der Waals surface area contributed by atoms with E-state index in [4.69, 9.17) is 4.74 Å². The van der Waals surface area contributed by atoms with Crippen LogP contribution in [-0.4, -0.2) is 34.5 Å². The Morgan fingerprint density at radius 2 is 1.69 bits per heavy atom. The number of anilines is 1. The first kappa shape index (κ1) is 24.0. The predicted octanol–water partition coefficient (Wildman–Crippen LogP) is 4.77. The quantitative estimate of drug-likeness (QED) is 0.385. The lowest BCUT2D eigenvalue weighted by molar-refractivity contribution is -0.275. The van der Waals surface area contributed by atoms with Crippen molar-refractivity contribution >= 4 is 15.7 Å². The molecule has 0 bridgehead atoms. The van der Waals surface area contributed by atoms with Gasteiger partial charge in [-0.3, -0.25) is 4.72 Å². The standard InChI is InChI=1S/C22H18F3N5O4S/c1-14-11-15(2)30(28-14)20-12-21(27-13-26-20)33-17-9-7-16(8-10-17)29-35(31,32)19-6-4-3-5-18(19)34-22(23,24)25/h3-13,29H,1-2H3. The number of aromatic nitrogens is 4. The molecular formula is C22H18F3N5O4S. The minimum absolute atomic E-state index is 0.102. The van der Waals surface area contributed by atoms with Gasteiger partial charge in [-0.25, -0.2) is 23.1 Å². The molecule has 4 aromatic rings. The summed E-state index contributed by atoms with van der Waals surface area (Å²) in [5.74, 6) is 0.236. The van der Waals surface area contributed by atoms with Crippen molar-refractivity contribution in [2.45, 2.75) is 25.1 Å². The summed E-state index contributed by atoms with van der Waals surface area (Å²) in [6.45, 7) is 3.75. The fraction of sp³-hybridized carbons (Fsp3) is 0.136. The first-order valence-electron chi connectivity index (χ1n) is 10.0. The maximum atomic E-state index is 12.7. The van der Waals surface area contributed by atoms with Gasteiger partial charge in [0.1, 0.15) is 22.7 Å². The lowest BCUT2D eigenvalue weighted by Crippen LogP contribution is -2.20. The number of nitrogens with one attached hydrogen (secondary N) is 1. The molecule has 2 heterocycles. The molecule has 0 aliphatic rings. The molecule has 0 atom stereocenters. The zero-order chi connectivity index (χ0) is 25.2. The number of ether oxygens (including phenoxy) is 2. The third-order valence-corrected chi connectivity index (χ3v) is 5.97. The molecular weight excluding hydrogens is 487 g/mol. The SMILES string of the molecule is Cc1cc(C)n(-c2cc(Oc3ccc(NS(=O)(=O)c4ccccc4OC(F)(F)F)cc3)ncn2)n1. The molecule has 35 heavy (non-hydrogen) atoms. The van der Waals surface area contributed by atoms with Crippen LogP contribution in [0.1, 0.15) is 11.4 Å². The zero-order valence-corrected chi connectivity index (χ0v) is 19.1. The molecule has 0 amide bonds. The third-order valence-electron chi connectivity index (χ3n) is 4.55. The Kier molecular flexibility index (Phi) is 6.35. The monoisotopic (exact) mass is 505 g/mol.